The van der Waals surface area contributed by atoms with Gasteiger partial charge >= 0.3 is 0 Å². The first-order valence-corrected chi connectivity index (χ1v) is 9.56. The summed E-state index contributed by atoms with van der Waals surface area (Å²) in [6.07, 6.45) is 1.38. The quantitative estimate of drug-likeness (QED) is 0.703. The summed E-state index contributed by atoms with van der Waals surface area (Å²) in [5, 5.41) is 12.1. The van der Waals surface area contributed by atoms with E-state index in [-0.39, 0.29) is 4.34 Å². The summed E-state index contributed by atoms with van der Waals surface area (Å²) in [6, 6.07) is 6.51. The summed E-state index contributed by atoms with van der Waals surface area (Å²) >= 11 is 1.16. The highest BCUT2D eigenvalue weighted by Gasteiger charge is 2.16. The maximum absolute atomic E-state index is 12.6. The molecule has 0 aliphatic rings. The molecule has 0 fully saturated rings. The molecule has 24 heavy (non-hydrogen) atoms. The Bertz CT molecular complexity index is 1010. The zero-order chi connectivity index (χ0) is 17.3. The van der Waals surface area contributed by atoms with Crippen LogP contribution in [0.5, 0.6) is 0 Å². The van der Waals surface area contributed by atoms with E-state index in [0.717, 1.165) is 11.3 Å². The van der Waals surface area contributed by atoms with Crippen LogP contribution < -0.4 is 0 Å². The van der Waals surface area contributed by atoms with Crippen molar-refractivity contribution in [1.29, 1.82) is 0 Å². The molecule has 0 radical (unpaired) electrons. The summed E-state index contributed by atoms with van der Waals surface area (Å²) in [6.45, 7) is 3.44. The molecule has 1 unspecified atom stereocenters. The maximum atomic E-state index is 12.6. The second-order valence-corrected chi connectivity index (χ2v) is 8.61. The van der Waals surface area contributed by atoms with Crippen LogP contribution in [-0.4, -0.2) is 36.7 Å². The number of carbonyl (C=O) groups excluding carboxylic acids is 1. The Morgan fingerprint density at radius 3 is 2.46 bits per heavy atom. The Hall–Kier alpha value is -2.46. The number of hydrogen-bond donors (Lipinski definition) is 0. The first kappa shape index (κ1) is 16.4. The average Bonchev–Trinajstić information content (AvgIpc) is 3.16. The number of nitrogens with zero attached hydrogens (tertiary/aromatic N) is 5. The molecule has 8 nitrogen and oxygen atoms in total. The smallest absolute Gasteiger partial charge is 0.285 e. The van der Waals surface area contributed by atoms with E-state index in [1.54, 1.807) is 38.1 Å². The van der Waals surface area contributed by atoms with Gasteiger partial charge in [-0.2, -0.15) is 9.35 Å². The van der Waals surface area contributed by atoms with Gasteiger partial charge in [0, 0.05) is 24.3 Å². The van der Waals surface area contributed by atoms with Crippen LogP contribution >= 0.6 is 11.3 Å². The van der Waals surface area contributed by atoms with Crippen LogP contribution in [0.15, 0.2) is 37.5 Å². The first-order chi connectivity index (χ1) is 11.3. The van der Waals surface area contributed by atoms with Gasteiger partial charge < -0.3 is 4.52 Å². The highest BCUT2D eigenvalue weighted by atomic mass is 32.2. The zero-order valence-corrected chi connectivity index (χ0v) is 14.7. The topological polar surface area (TPSA) is 111 Å². The van der Waals surface area contributed by atoms with E-state index in [4.69, 9.17) is 4.52 Å². The molecule has 0 saturated carbocycles. The van der Waals surface area contributed by atoms with E-state index in [1.165, 1.54) is 6.26 Å². The Morgan fingerprint density at radius 2 is 1.92 bits per heavy atom. The minimum atomic E-state index is -2.92. The van der Waals surface area contributed by atoms with Gasteiger partial charge in [0.25, 0.3) is 5.91 Å². The number of amides is 1. The first-order valence-electron chi connectivity index (χ1n) is 6.82. The van der Waals surface area contributed by atoms with Crippen molar-refractivity contribution >= 4 is 27.0 Å². The van der Waals surface area contributed by atoms with Crippen molar-refractivity contribution in [2.45, 2.75) is 18.2 Å². The number of rotatable bonds is 3. The van der Waals surface area contributed by atoms with E-state index >= 15 is 0 Å². The van der Waals surface area contributed by atoms with Crippen molar-refractivity contribution in [3.8, 4) is 11.4 Å². The molecule has 2 aromatic heterocycles. The normalized spacial score (nSPS) is 13.5. The summed E-state index contributed by atoms with van der Waals surface area (Å²) in [5.74, 6) is 0.316. The van der Waals surface area contributed by atoms with Crippen LogP contribution in [0.25, 0.3) is 11.4 Å². The fraction of sp³-hybridized carbons (Fsp3) is 0.214. The highest BCUT2D eigenvalue weighted by molar-refractivity contribution is 7.95. The van der Waals surface area contributed by atoms with Gasteiger partial charge in [0.2, 0.25) is 16.1 Å². The molecule has 1 atom stereocenters. The highest BCUT2D eigenvalue weighted by Crippen LogP contribution is 2.19. The number of carbonyl (C=O) groups is 1. The van der Waals surface area contributed by atoms with Crippen LogP contribution in [0.1, 0.15) is 21.3 Å². The zero-order valence-electron chi connectivity index (χ0n) is 13.1. The largest absolute Gasteiger partial charge is 0.339 e. The van der Waals surface area contributed by atoms with Crippen LogP contribution in [0.3, 0.4) is 0 Å². The van der Waals surface area contributed by atoms with Gasteiger partial charge in [-0.15, -0.1) is 10.2 Å². The molecule has 1 aromatic carbocycles. The lowest BCUT2D eigenvalue weighted by molar-refractivity contribution is 0.100. The lowest BCUT2D eigenvalue weighted by Crippen LogP contribution is -2.03. The number of hydrogen-bond acceptors (Lipinski definition) is 8. The predicted octanol–water partition coefficient (Wildman–Crippen LogP) is 2.50. The van der Waals surface area contributed by atoms with Gasteiger partial charge in [0.15, 0.2) is 0 Å². The van der Waals surface area contributed by atoms with E-state index < -0.39 is 15.6 Å². The second kappa shape index (κ2) is 6.21. The number of aryl methyl sites for hydroxylation is 2. The summed E-state index contributed by atoms with van der Waals surface area (Å²) in [5.41, 5.74) is 1.02. The van der Waals surface area contributed by atoms with Crippen LogP contribution in [0.4, 0.5) is 0 Å². The monoisotopic (exact) mass is 363 g/mol. The molecule has 3 aromatic rings. The van der Waals surface area contributed by atoms with Gasteiger partial charge in [0.1, 0.15) is 14.7 Å². The molecule has 0 saturated heterocycles. The molecular weight excluding hydrogens is 350 g/mol. The van der Waals surface area contributed by atoms with Gasteiger partial charge in [-0.25, -0.2) is 4.21 Å². The molecule has 0 spiro atoms. The third-order valence-electron chi connectivity index (χ3n) is 3.01. The van der Waals surface area contributed by atoms with E-state index in [0.29, 0.717) is 27.8 Å². The van der Waals surface area contributed by atoms with E-state index in [2.05, 4.69) is 24.7 Å². The Balaban J connectivity index is 1.88. The molecule has 3 rings (SSSR count). The van der Waals surface area contributed by atoms with Crippen LogP contribution in [0, 0.1) is 13.8 Å². The number of benzene rings is 1. The van der Waals surface area contributed by atoms with Crippen molar-refractivity contribution in [1.82, 2.24) is 20.3 Å². The molecular formula is C14H13N5O3S2. The Labute approximate surface area is 142 Å². The van der Waals surface area contributed by atoms with Crippen LogP contribution in [-0.2, 0) is 9.73 Å². The van der Waals surface area contributed by atoms with Crippen molar-refractivity contribution < 1.29 is 13.5 Å². The molecule has 0 aliphatic carbocycles. The number of aromatic nitrogens is 4. The Morgan fingerprint density at radius 1 is 1.21 bits per heavy atom. The summed E-state index contributed by atoms with van der Waals surface area (Å²) < 4.78 is 21.5. The molecule has 0 N–H and O–H groups in total. The molecule has 10 heteroatoms. The third-order valence-corrected chi connectivity index (χ3v) is 6.06. The minimum Gasteiger partial charge on any atom is -0.339 e. The van der Waals surface area contributed by atoms with Crippen molar-refractivity contribution in [2.75, 3.05) is 6.26 Å². The predicted molar refractivity (Wildman–Crippen MR) is 88.2 cm³/mol. The van der Waals surface area contributed by atoms with Crippen molar-refractivity contribution in [3.63, 3.8) is 0 Å². The fourth-order valence-corrected chi connectivity index (χ4v) is 4.06. The average molecular weight is 363 g/mol. The molecule has 1 amide bonds. The van der Waals surface area contributed by atoms with E-state index in [9.17, 15) is 9.00 Å². The Kier molecular flexibility index (Phi) is 4.24. The van der Waals surface area contributed by atoms with E-state index in [1.807, 2.05) is 0 Å². The van der Waals surface area contributed by atoms with Gasteiger partial charge in [0.05, 0.1) is 0 Å². The van der Waals surface area contributed by atoms with Crippen molar-refractivity contribution in [2.24, 2.45) is 4.36 Å². The van der Waals surface area contributed by atoms with Crippen molar-refractivity contribution in [3.05, 3.63) is 40.7 Å². The third kappa shape index (κ3) is 3.39. The lowest BCUT2D eigenvalue weighted by Gasteiger charge is -2.00. The second-order valence-electron chi connectivity index (χ2n) is 5.00. The minimum absolute atomic E-state index is 0.243. The van der Waals surface area contributed by atoms with Crippen LogP contribution in [0.2, 0.25) is 0 Å². The van der Waals surface area contributed by atoms with Gasteiger partial charge in [-0.05, 0) is 19.1 Å². The standard InChI is InChI=1S/C14H13N5O3S2/c1-8-15-12(18-22-8)10-4-6-11(7-5-10)13(20)19-24(3,21)14-17-16-9(2)23-14/h4-7H,1-3H3. The van der Waals surface area contributed by atoms with Gasteiger partial charge in [-0.1, -0.05) is 28.6 Å². The molecule has 2 heterocycles. The maximum Gasteiger partial charge on any atom is 0.285 e. The lowest BCUT2D eigenvalue weighted by atomic mass is 10.1. The molecule has 124 valence electrons. The summed E-state index contributed by atoms with van der Waals surface area (Å²) in [4.78, 5) is 16.4. The molecule has 0 bridgehead atoms. The SMILES string of the molecule is Cc1nc(-c2ccc(C(=O)N=S(C)(=O)c3nnc(C)s3)cc2)no1. The summed E-state index contributed by atoms with van der Waals surface area (Å²) in [7, 11) is -2.92. The molecule has 0 aliphatic heterocycles. The van der Waals surface area contributed by atoms with Gasteiger partial charge in [-0.3, -0.25) is 4.79 Å². The fourth-order valence-electron chi connectivity index (χ4n) is 1.86.